The summed E-state index contributed by atoms with van der Waals surface area (Å²) < 4.78 is 20.8. The molecule has 0 aromatic carbocycles. The summed E-state index contributed by atoms with van der Waals surface area (Å²) in [5, 5.41) is 19.0. The van der Waals surface area contributed by atoms with Gasteiger partial charge in [-0.1, -0.05) is 0 Å². The highest BCUT2D eigenvalue weighted by Crippen LogP contribution is 2.40. The summed E-state index contributed by atoms with van der Waals surface area (Å²) in [7, 11) is 0. The van der Waals surface area contributed by atoms with E-state index in [1.54, 1.807) is 0 Å². The molecule has 1 aliphatic heterocycles. The molecule has 1 saturated heterocycles. The molecule has 21 heavy (non-hydrogen) atoms. The Morgan fingerprint density at radius 2 is 2.33 bits per heavy atom. The molecule has 9 nitrogen and oxygen atoms in total. The van der Waals surface area contributed by atoms with Crippen molar-refractivity contribution in [1.29, 1.82) is 0 Å². The standard InChI is InChI=1S/C10H11BrFN5O4/c11-8-14-5-6(15-9(13)16-7(5)20)17(8)10(12)4(19)1-3(2-18)21-10/h3-4,18-19H,1-2H2,(H3,13,15,16,20)/t3-,4+,10-/m0/s1. The van der Waals surface area contributed by atoms with Gasteiger partial charge in [0.05, 0.1) is 12.7 Å². The minimum absolute atomic E-state index is 0.0961. The summed E-state index contributed by atoms with van der Waals surface area (Å²) in [4.78, 5) is 21.7. The van der Waals surface area contributed by atoms with Crippen LogP contribution >= 0.6 is 15.9 Å². The number of halogens is 2. The SMILES string of the molecule is Nc1nc2c(nc(Br)n2[C@]2(F)O[C@H](CO)C[C@H]2O)c(=O)[nH]1. The van der Waals surface area contributed by atoms with Crippen LogP contribution in [0.25, 0.3) is 11.2 Å². The molecule has 3 heterocycles. The maximum atomic E-state index is 15.1. The number of nitrogens with two attached hydrogens (primary N) is 1. The van der Waals surface area contributed by atoms with E-state index in [1.165, 1.54) is 0 Å². The zero-order chi connectivity index (χ0) is 15.4. The van der Waals surface area contributed by atoms with E-state index in [0.717, 1.165) is 4.57 Å². The molecule has 0 amide bonds. The predicted molar refractivity (Wildman–Crippen MR) is 71.9 cm³/mol. The van der Waals surface area contributed by atoms with E-state index >= 15 is 4.39 Å². The minimum Gasteiger partial charge on any atom is -0.394 e. The zero-order valence-corrected chi connectivity index (χ0v) is 12.0. The number of hydrogen-bond acceptors (Lipinski definition) is 7. The maximum Gasteiger partial charge on any atom is 0.323 e. The van der Waals surface area contributed by atoms with Crippen LogP contribution in [0.3, 0.4) is 0 Å². The van der Waals surface area contributed by atoms with Gasteiger partial charge >= 0.3 is 5.98 Å². The molecule has 2 aromatic rings. The van der Waals surface area contributed by atoms with Gasteiger partial charge in [0.25, 0.3) is 5.56 Å². The fraction of sp³-hybridized carbons (Fsp3) is 0.500. The van der Waals surface area contributed by atoms with Crippen molar-refractivity contribution in [3.63, 3.8) is 0 Å². The molecule has 3 atom stereocenters. The van der Waals surface area contributed by atoms with E-state index < -0.39 is 30.4 Å². The Morgan fingerprint density at radius 1 is 1.62 bits per heavy atom. The summed E-state index contributed by atoms with van der Waals surface area (Å²) >= 11 is 3.01. The van der Waals surface area contributed by atoms with E-state index in [0.29, 0.717) is 0 Å². The summed E-state index contributed by atoms with van der Waals surface area (Å²) in [6, 6.07) is 0. The first-order valence-corrected chi connectivity index (χ1v) is 6.76. The fourth-order valence-electron chi connectivity index (χ4n) is 2.30. The van der Waals surface area contributed by atoms with Gasteiger partial charge in [0.2, 0.25) is 5.95 Å². The molecule has 0 unspecified atom stereocenters. The summed E-state index contributed by atoms with van der Waals surface area (Å²) in [6.45, 7) is -0.455. The lowest BCUT2D eigenvalue weighted by atomic mass is 10.2. The summed E-state index contributed by atoms with van der Waals surface area (Å²) in [5.74, 6) is -2.94. The number of nitrogens with one attached hydrogen (secondary N) is 1. The second-order valence-corrected chi connectivity index (χ2v) is 5.33. The van der Waals surface area contributed by atoms with E-state index in [2.05, 4.69) is 30.9 Å². The number of nitrogen functional groups attached to an aromatic ring is 1. The average molecular weight is 364 g/mol. The summed E-state index contributed by atoms with van der Waals surface area (Å²) in [5.41, 5.74) is 4.46. The Bertz CT molecular complexity index is 764. The Morgan fingerprint density at radius 3 is 2.95 bits per heavy atom. The van der Waals surface area contributed by atoms with Crippen LogP contribution < -0.4 is 11.3 Å². The number of ether oxygens (including phenoxy) is 1. The molecule has 0 spiro atoms. The van der Waals surface area contributed by atoms with Gasteiger partial charge in [-0.2, -0.15) is 9.37 Å². The minimum atomic E-state index is -2.71. The largest absolute Gasteiger partial charge is 0.394 e. The number of aliphatic hydroxyl groups excluding tert-OH is 2. The number of rotatable bonds is 2. The highest BCUT2D eigenvalue weighted by atomic mass is 79.9. The van der Waals surface area contributed by atoms with Gasteiger partial charge in [-0.25, -0.2) is 9.55 Å². The lowest BCUT2D eigenvalue weighted by Gasteiger charge is -2.25. The first-order chi connectivity index (χ1) is 9.86. The molecule has 2 aromatic heterocycles. The maximum absolute atomic E-state index is 15.1. The molecule has 114 valence electrons. The number of H-pyrrole nitrogens is 1. The average Bonchev–Trinajstić information content (AvgIpc) is 2.88. The number of alkyl halides is 1. The zero-order valence-electron chi connectivity index (χ0n) is 10.5. The quantitative estimate of drug-likeness (QED) is 0.511. The number of nitrogens with zero attached hydrogens (tertiary/aromatic N) is 3. The van der Waals surface area contributed by atoms with Crippen LogP contribution in [0.15, 0.2) is 9.53 Å². The first-order valence-electron chi connectivity index (χ1n) is 5.96. The Balaban J connectivity index is 2.25. The van der Waals surface area contributed by atoms with E-state index in [1.807, 2.05) is 0 Å². The molecular formula is C10H11BrFN5O4. The second kappa shape index (κ2) is 4.73. The van der Waals surface area contributed by atoms with E-state index in [9.17, 15) is 9.90 Å². The number of aromatic nitrogens is 4. The molecule has 5 N–H and O–H groups in total. The Labute approximate surface area is 124 Å². The number of aliphatic hydroxyl groups is 2. The number of aromatic amines is 1. The van der Waals surface area contributed by atoms with Crippen molar-refractivity contribution in [1.82, 2.24) is 19.5 Å². The first kappa shape index (κ1) is 14.4. The van der Waals surface area contributed by atoms with Gasteiger partial charge < -0.3 is 20.7 Å². The highest BCUT2D eigenvalue weighted by Gasteiger charge is 2.52. The van der Waals surface area contributed by atoms with Crippen LogP contribution in [0.4, 0.5) is 10.3 Å². The normalized spacial score (nSPS) is 29.3. The number of fused-ring (bicyclic) bond motifs is 1. The smallest absolute Gasteiger partial charge is 0.323 e. The van der Waals surface area contributed by atoms with Gasteiger partial charge in [-0.05, 0) is 15.9 Å². The molecular weight excluding hydrogens is 353 g/mol. The van der Waals surface area contributed by atoms with Gasteiger partial charge in [-0.3, -0.25) is 9.78 Å². The summed E-state index contributed by atoms with van der Waals surface area (Å²) in [6.07, 6.45) is -2.56. The van der Waals surface area contributed by atoms with Crippen LogP contribution in [0.5, 0.6) is 0 Å². The van der Waals surface area contributed by atoms with Gasteiger partial charge in [-0.15, -0.1) is 0 Å². The molecule has 1 aliphatic rings. The van der Waals surface area contributed by atoms with Crippen molar-refractivity contribution in [2.24, 2.45) is 0 Å². The third-order valence-corrected chi connectivity index (χ3v) is 3.76. The topological polar surface area (TPSA) is 139 Å². The molecule has 3 rings (SSSR count). The van der Waals surface area contributed by atoms with Crippen LogP contribution in [0.2, 0.25) is 0 Å². The van der Waals surface area contributed by atoms with Crippen molar-refractivity contribution in [3.8, 4) is 0 Å². The van der Waals surface area contributed by atoms with Crippen molar-refractivity contribution in [2.45, 2.75) is 24.6 Å². The number of imidazole rings is 1. The molecule has 0 bridgehead atoms. The second-order valence-electron chi connectivity index (χ2n) is 4.62. The fourth-order valence-corrected chi connectivity index (χ4v) is 2.88. The van der Waals surface area contributed by atoms with Crippen LogP contribution in [0.1, 0.15) is 6.42 Å². The van der Waals surface area contributed by atoms with Crippen molar-refractivity contribution >= 4 is 33.0 Å². The lowest BCUT2D eigenvalue weighted by Crippen LogP contribution is -2.38. The molecule has 0 aliphatic carbocycles. The molecule has 1 fully saturated rings. The van der Waals surface area contributed by atoms with Gasteiger partial charge in [0.15, 0.2) is 15.9 Å². The highest BCUT2D eigenvalue weighted by molar-refractivity contribution is 9.10. The third kappa shape index (κ3) is 2.04. The van der Waals surface area contributed by atoms with E-state index in [-0.39, 0.29) is 28.3 Å². The van der Waals surface area contributed by atoms with E-state index in [4.69, 9.17) is 15.6 Å². The predicted octanol–water partition coefficient (Wildman–Crippen LogP) is -0.814. The van der Waals surface area contributed by atoms with Crippen LogP contribution in [-0.4, -0.2) is 48.5 Å². The number of anilines is 1. The van der Waals surface area contributed by atoms with Crippen LogP contribution in [0, 0.1) is 0 Å². The Hall–Kier alpha value is -1.56. The monoisotopic (exact) mass is 363 g/mol. The molecule has 11 heteroatoms. The number of hydrogen-bond donors (Lipinski definition) is 4. The van der Waals surface area contributed by atoms with Crippen molar-refractivity contribution in [2.75, 3.05) is 12.3 Å². The Kier molecular flexibility index (Phi) is 3.24. The van der Waals surface area contributed by atoms with Crippen LogP contribution in [-0.2, 0) is 10.7 Å². The van der Waals surface area contributed by atoms with Crippen molar-refractivity contribution < 1.29 is 19.3 Å². The van der Waals surface area contributed by atoms with Crippen molar-refractivity contribution in [3.05, 3.63) is 15.1 Å². The molecule has 0 saturated carbocycles. The van der Waals surface area contributed by atoms with Gasteiger partial charge in [0, 0.05) is 6.42 Å². The third-order valence-electron chi connectivity index (χ3n) is 3.23. The molecule has 0 radical (unpaired) electrons. The lowest BCUT2D eigenvalue weighted by molar-refractivity contribution is -0.236. The van der Waals surface area contributed by atoms with Gasteiger partial charge in [0.1, 0.15) is 6.10 Å².